The lowest BCUT2D eigenvalue weighted by molar-refractivity contribution is 0.0580. The number of carbonyl (C=O) groups excluding carboxylic acids is 1. The number of carbonyl (C=O) groups is 1. The number of amides is 1. The van der Waals surface area contributed by atoms with Crippen LogP contribution in [0.4, 0.5) is 0 Å². The van der Waals surface area contributed by atoms with E-state index in [1.807, 2.05) is 17.0 Å². The Kier molecular flexibility index (Phi) is 4.48. The van der Waals surface area contributed by atoms with Crippen LogP contribution in [0.25, 0.3) is 0 Å². The summed E-state index contributed by atoms with van der Waals surface area (Å²) in [6, 6.07) is 7.80. The van der Waals surface area contributed by atoms with Crippen molar-refractivity contribution >= 4 is 17.5 Å². The topological polar surface area (TPSA) is 32.3 Å². The van der Waals surface area contributed by atoms with Gasteiger partial charge in [0.15, 0.2) is 0 Å². The predicted octanol–water partition coefficient (Wildman–Crippen LogP) is 2.80. The van der Waals surface area contributed by atoms with Crippen molar-refractivity contribution in [2.45, 2.75) is 32.9 Å². The van der Waals surface area contributed by atoms with Crippen LogP contribution in [0.2, 0.25) is 5.02 Å². The Morgan fingerprint density at radius 2 is 2.11 bits per heavy atom. The summed E-state index contributed by atoms with van der Waals surface area (Å²) < 4.78 is 0. The zero-order valence-electron chi connectivity index (χ0n) is 11.7. The van der Waals surface area contributed by atoms with E-state index in [0.29, 0.717) is 22.5 Å². The van der Waals surface area contributed by atoms with Gasteiger partial charge in [-0.2, -0.15) is 0 Å². The number of piperazine rings is 1. The Balaban J connectivity index is 2.19. The Morgan fingerprint density at radius 1 is 1.42 bits per heavy atom. The van der Waals surface area contributed by atoms with E-state index in [2.05, 4.69) is 26.1 Å². The number of halogens is 1. The maximum atomic E-state index is 12.6. The third-order valence-corrected chi connectivity index (χ3v) is 4.10. The number of hydrogen-bond donors (Lipinski definition) is 1. The normalized spacial score (nSPS) is 23.7. The number of hydrogen-bond acceptors (Lipinski definition) is 2. The van der Waals surface area contributed by atoms with E-state index < -0.39 is 0 Å². The lowest BCUT2D eigenvalue weighted by Crippen LogP contribution is -2.58. The van der Waals surface area contributed by atoms with Gasteiger partial charge in [0.1, 0.15) is 0 Å². The van der Waals surface area contributed by atoms with Gasteiger partial charge in [0.25, 0.3) is 5.91 Å². The van der Waals surface area contributed by atoms with E-state index >= 15 is 0 Å². The van der Waals surface area contributed by atoms with Crippen molar-refractivity contribution in [1.82, 2.24) is 10.2 Å². The van der Waals surface area contributed by atoms with Gasteiger partial charge in [0.05, 0.1) is 10.6 Å². The van der Waals surface area contributed by atoms with Crippen molar-refractivity contribution in [2.24, 2.45) is 5.92 Å². The monoisotopic (exact) mass is 280 g/mol. The molecule has 0 spiro atoms. The van der Waals surface area contributed by atoms with Crippen LogP contribution >= 0.6 is 11.6 Å². The average Bonchev–Trinajstić information content (AvgIpc) is 2.38. The standard InChI is InChI=1S/C15H21ClN2O/c1-10(2)14-9-18(11(3)8-17-14)15(19)12-6-4-5-7-13(12)16/h4-7,10-11,14,17H,8-9H2,1-3H3. The van der Waals surface area contributed by atoms with Gasteiger partial charge in [0.2, 0.25) is 0 Å². The molecule has 1 fully saturated rings. The molecule has 2 rings (SSSR count). The van der Waals surface area contributed by atoms with Crippen LogP contribution in [0.5, 0.6) is 0 Å². The highest BCUT2D eigenvalue weighted by molar-refractivity contribution is 6.33. The molecule has 0 aliphatic carbocycles. The highest BCUT2D eigenvalue weighted by atomic mass is 35.5. The third-order valence-electron chi connectivity index (χ3n) is 3.77. The molecule has 1 saturated heterocycles. The lowest BCUT2D eigenvalue weighted by Gasteiger charge is -2.40. The first-order chi connectivity index (χ1) is 9.00. The fourth-order valence-corrected chi connectivity index (χ4v) is 2.62. The third kappa shape index (κ3) is 3.10. The summed E-state index contributed by atoms with van der Waals surface area (Å²) >= 11 is 6.12. The van der Waals surface area contributed by atoms with E-state index in [0.717, 1.165) is 13.1 Å². The van der Waals surface area contributed by atoms with Crippen molar-refractivity contribution in [3.8, 4) is 0 Å². The van der Waals surface area contributed by atoms with E-state index in [9.17, 15) is 4.79 Å². The minimum absolute atomic E-state index is 0.0326. The van der Waals surface area contributed by atoms with Gasteiger partial charge in [-0.1, -0.05) is 37.6 Å². The van der Waals surface area contributed by atoms with Crippen LogP contribution in [-0.4, -0.2) is 36.0 Å². The smallest absolute Gasteiger partial charge is 0.255 e. The molecule has 1 N–H and O–H groups in total. The minimum Gasteiger partial charge on any atom is -0.333 e. The fraction of sp³-hybridized carbons (Fsp3) is 0.533. The SMILES string of the molecule is CC(C)C1CN(C(=O)c2ccccc2Cl)C(C)CN1. The second kappa shape index (κ2) is 5.93. The lowest BCUT2D eigenvalue weighted by atomic mass is 9.99. The molecule has 1 aliphatic rings. The molecule has 3 nitrogen and oxygen atoms in total. The van der Waals surface area contributed by atoms with Gasteiger partial charge in [-0.15, -0.1) is 0 Å². The molecule has 1 aromatic carbocycles. The van der Waals surface area contributed by atoms with E-state index in [1.165, 1.54) is 0 Å². The molecular formula is C15H21ClN2O. The molecule has 0 aromatic heterocycles. The summed E-state index contributed by atoms with van der Waals surface area (Å²) in [6.45, 7) is 7.98. The van der Waals surface area contributed by atoms with E-state index in [4.69, 9.17) is 11.6 Å². The van der Waals surface area contributed by atoms with Crippen molar-refractivity contribution in [1.29, 1.82) is 0 Å². The molecule has 1 heterocycles. The van der Waals surface area contributed by atoms with Crippen LogP contribution in [0, 0.1) is 5.92 Å². The summed E-state index contributed by atoms with van der Waals surface area (Å²) in [5.41, 5.74) is 0.598. The molecule has 4 heteroatoms. The first-order valence-electron chi connectivity index (χ1n) is 6.79. The first kappa shape index (κ1) is 14.4. The molecule has 1 amide bonds. The zero-order valence-corrected chi connectivity index (χ0v) is 12.4. The van der Waals surface area contributed by atoms with Crippen molar-refractivity contribution in [2.75, 3.05) is 13.1 Å². The minimum atomic E-state index is 0.0326. The molecule has 2 unspecified atom stereocenters. The Bertz CT molecular complexity index is 461. The predicted molar refractivity (Wildman–Crippen MR) is 78.6 cm³/mol. The summed E-state index contributed by atoms with van der Waals surface area (Å²) in [5.74, 6) is 0.541. The molecule has 2 atom stereocenters. The highest BCUT2D eigenvalue weighted by Crippen LogP contribution is 2.21. The maximum absolute atomic E-state index is 12.6. The van der Waals surface area contributed by atoms with Crippen LogP contribution in [-0.2, 0) is 0 Å². The van der Waals surface area contributed by atoms with Gasteiger partial charge < -0.3 is 10.2 Å². The van der Waals surface area contributed by atoms with Crippen LogP contribution in [0.3, 0.4) is 0 Å². The summed E-state index contributed by atoms with van der Waals surface area (Å²) in [5, 5.41) is 4.02. The number of benzene rings is 1. The summed E-state index contributed by atoms with van der Waals surface area (Å²) in [6.07, 6.45) is 0. The maximum Gasteiger partial charge on any atom is 0.255 e. The Hall–Kier alpha value is -1.06. The molecule has 19 heavy (non-hydrogen) atoms. The van der Waals surface area contributed by atoms with Gasteiger partial charge in [-0.05, 0) is 25.0 Å². The van der Waals surface area contributed by atoms with E-state index in [-0.39, 0.29) is 11.9 Å². The van der Waals surface area contributed by atoms with Crippen LogP contribution in [0.15, 0.2) is 24.3 Å². The summed E-state index contributed by atoms with van der Waals surface area (Å²) in [4.78, 5) is 14.5. The number of nitrogens with one attached hydrogen (secondary N) is 1. The zero-order chi connectivity index (χ0) is 14.0. The molecule has 1 aromatic rings. The average molecular weight is 281 g/mol. The van der Waals surface area contributed by atoms with Gasteiger partial charge in [0, 0.05) is 25.2 Å². The summed E-state index contributed by atoms with van der Waals surface area (Å²) in [7, 11) is 0. The van der Waals surface area contributed by atoms with Crippen LogP contribution < -0.4 is 5.32 Å². The van der Waals surface area contributed by atoms with E-state index in [1.54, 1.807) is 12.1 Å². The second-order valence-electron chi connectivity index (χ2n) is 5.55. The quantitative estimate of drug-likeness (QED) is 0.903. The molecule has 1 aliphatic heterocycles. The van der Waals surface area contributed by atoms with Crippen LogP contribution in [0.1, 0.15) is 31.1 Å². The van der Waals surface area contributed by atoms with Crippen molar-refractivity contribution < 1.29 is 4.79 Å². The molecule has 0 radical (unpaired) electrons. The van der Waals surface area contributed by atoms with Crippen molar-refractivity contribution in [3.05, 3.63) is 34.9 Å². The molecule has 0 saturated carbocycles. The highest BCUT2D eigenvalue weighted by Gasteiger charge is 2.31. The number of rotatable bonds is 2. The first-order valence-corrected chi connectivity index (χ1v) is 7.17. The number of nitrogens with zero attached hydrogens (tertiary/aromatic N) is 1. The Labute approximate surface area is 119 Å². The van der Waals surface area contributed by atoms with Gasteiger partial charge >= 0.3 is 0 Å². The fourth-order valence-electron chi connectivity index (χ4n) is 2.41. The molecular weight excluding hydrogens is 260 g/mol. The van der Waals surface area contributed by atoms with Gasteiger partial charge in [-0.3, -0.25) is 4.79 Å². The van der Waals surface area contributed by atoms with Crippen molar-refractivity contribution in [3.63, 3.8) is 0 Å². The second-order valence-corrected chi connectivity index (χ2v) is 5.95. The molecule has 104 valence electrons. The molecule has 0 bridgehead atoms. The largest absolute Gasteiger partial charge is 0.333 e. The van der Waals surface area contributed by atoms with Gasteiger partial charge in [-0.25, -0.2) is 0 Å². The Morgan fingerprint density at radius 3 is 2.74 bits per heavy atom.